The molecule has 0 saturated heterocycles. The van der Waals surface area contributed by atoms with Gasteiger partial charge >= 0.3 is 0 Å². The van der Waals surface area contributed by atoms with Crippen LogP contribution in [0.15, 0.2) is 12.4 Å². The number of hydrogen-bond donors (Lipinski definition) is 0. The van der Waals surface area contributed by atoms with Crippen molar-refractivity contribution >= 4 is 11.6 Å². The van der Waals surface area contributed by atoms with Crippen LogP contribution in [0, 0.1) is 18.3 Å². The zero-order valence-electron chi connectivity index (χ0n) is 10.8. The fourth-order valence-corrected chi connectivity index (χ4v) is 1.92. The highest BCUT2D eigenvalue weighted by molar-refractivity contribution is 5.47. The van der Waals surface area contributed by atoms with Crippen molar-refractivity contribution in [1.82, 2.24) is 19.6 Å². The van der Waals surface area contributed by atoms with E-state index >= 15 is 0 Å². The number of aromatic nitrogens is 4. The average Bonchev–Trinajstić information content (AvgIpc) is 2.76. The Labute approximate surface area is 106 Å². The van der Waals surface area contributed by atoms with E-state index in [1.54, 1.807) is 4.52 Å². The maximum atomic E-state index is 8.75. The Hall–Kier alpha value is -2.16. The van der Waals surface area contributed by atoms with Crippen molar-refractivity contribution in [2.24, 2.45) is 0 Å². The normalized spacial score (nSPS) is 10.8. The Morgan fingerprint density at radius 1 is 1.50 bits per heavy atom. The van der Waals surface area contributed by atoms with Crippen LogP contribution in [-0.2, 0) is 0 Å². The van der Waals surface area contributed by atoms with Gasteiger partial charge in [0.1, 0.15) is 12.1 Å². The highest BCUT2D eigenvalue weighted by Crippen LogP contribution is 2.18. The van der Waals surface area contributed by atoms with Gasteiger partial charge in [0.2, 0.25) is 0 Å². The van der Waals surface area contributed by atoms with E-state index < -0.39 is 0 Å². The SMILES string of the molecule is Cc1cc(N(CCC#N)C(C)C)n2ncnc2n1. The van der Waals surface area contributed by atoms with Gasteiger partial charge in [-0.15, -0.1) is 0 Å². The second kappa shape index (κ2) is 5.00. The van der Waals surface area contributed by atoms with Gasteiger partial charge in [-0.1, -0.05) is 0 Å². The third-order valence-electron chi connectivity index (χ3n) is 2.74. The van der Waals surface area contributed by atoms with Crippen molar-refractivity contribution in [3.8, 4) is 6.07 Å². The molecule has 6 heteroatoms. The fourth-order valence-electron chi connectivity index (χ4n) is 1.92. The number of rotatable bonds is 4. The first-order chi connectivity index (χ1) is 8.63. The minimum atomic E-state index is 0.285. The topological polar surface area (TPSA) is 70.1 Å². The van der Waals surface area contributed by atoms with Gasteiger partial charge in [-0.25, -0.2) is 4.98 Å². The van der Waals surface area contributed by atoms with E-state index in [0.29, 0.717) is 18.7 Å². The number of nitrogens with zero attached hydrogens (tertiary/aromatic N) is 6. The number of anilines is 1. The Morgan fingerprint density at radius 2 is 2.28 bits per heavy atom. The molecule has 0 bridgehead atoms. The molecule has 0 aromatic carbocycles. The molecule has 94 valence electrons. The van der Waals surface area contributed by atoms with Crippen molar-refractivity contribution in [1.29, 1.82) is 5.26 Å². The minimum Gasteiger partial charge on any atom is -0.353 e. The maximum absolute atomic E-state index is 8.75. The van der Waals surface area contributed by atoms with E-state index in [0.717, 1.165) is 11.5 Å². The lowest BCUT2D eigenvalue weighted by Gasteiger charge is -2.28. The molecule has 0 spiro atoms. The lowest BCUT2D eigenvalue weighted by Crippen LogP contribution is -2.33. The molecule has 0 amide bonds. The molecule has 0 fully saturated rings. The molecule has 2 aromatic heterocycles. The summed E-state index contributed by atoms with van der Waals surface area (Å²) in [6, 6.07) is 4.43. The molecule has 2 rings (SSSR count). The highest BCUT2D eigenvalue weighted by Gasteiger charge is 2.15. The molecule has 2 heterocycles. The van der Waals surface area contributed by atoms with E-state index in [1.807, 2.05) is 13.0 Å². The number of aryl methyl sites for hydroxylation is 1. The summed E-state index contributed by atoms with van der Waals surface area (Å²) in [6.45, 7) is 6.79. The van der Waals surface area contributed by atoms with Gasteiger partial charge in [-0.05, 0) is 20.8 Å². The van der Waals surface area contributed by atoms with Crippen LogP contribution in [0.5, 0.6) is 0 Å². The molecule has 0 radical (unpaired) electrons. The molecule has 0 aliphatic carbocycles. The summed E-state index contributed by atoms with van der Waals surface area (Å²) >= 11 is 0. The van der Waals surface area contributed by atoms with Crippen LogP contribution in [0.2, 0.25) is 0 Å². The number of hydrogen-bond acceptors (Lipinski definition) is 5. The summed E-state index contributed by atoms with van der Waals surface area (Å²) in [5, 5.41) is 12.9. The lowest BCUT2D eigenvalue weighted by molar-refractivity contribution is 0.662. The monoisotopic (exact) mass is 244 g/mol. The van der Waals surface area contributed by atoms with Crippen molar-refractivity contribution in [2.75, 3.05) is 11.4 Å². The van der Waals surface area contributed by atoms with Crippen LogP contribution in [-0.4, -0.2) is 32.2 Å². The molecular formula is C12H16N6. The van der Waals surface area contributed by atoms with Gasteiger partial charge in [-0.3, -0.25) is 0 Å². The van der Waals surface area contributed by atoms with E-state index in [2.05, 4.69) is 39.9 Å². The van der Waals surface area contributed by atoms with Crippen LogP contribution < -0.4 is 4.90 Å². The van der Waals surface area contributed by atoms with Gasteiger partial charge in [0.25, 0.3) is 5.78 Å². The first-order valence-corrected chi connectivity index (χ1v) is 5.94. The van der Waals surface area contributed by atoms with Crippen molar-refractivity contribution < 1.29 is 0 Å². The van der Waals surface area contributed by atoms with Gasteiger partial charge in [0.15, 0.2) is 0 Å². The van der Waals surface area contributed by atoms with Crippen molar-refractivity contribution in [3.63, 3.8) is 0 Å². The summed E-state index contributed by atoms with van der Waals surface area (Å²) in [5.41, 5.74) is 0.896. The fraction of sp³-hybridized carbons (Fsp3) is 0.500. The quantitative estimate of drug-likeness (QED) is 0.816. The predicted molar refractivity (Wildman–Crippen MR) is 68.2 cm³/mol. The molecule has 0 aliphatic heterocycles. The predicted octanol–water partition coefficient (Wildman–Crippen LogP) is 1.56. The van der Waals surface area contributed by atoms with E-state index in [9.17, 15) is 0 Å². The van der Waals surface area contributed by atoms with Crippen LogP contribution in [0.4, 0.5) is 5.82 Å². The summed E-state index contributed by atoms with van der Waals surface area (Å²) in [7, 11) is 0. The summed E-state index contributed by atoms with van der Waals surface area (Å²) in [4.78, 5) is 10.6. The second-order valence-electron chi connectivity index (χ2n) is 4.42. The lowest BCUT2D eigenvalue weighted by atomic mass is 10.2. The van der Waals surface area contributed by atoms with Crippen LogP contribution in [0.1, 0.15) is 26.0 Å². The third kappa shape index (κ3) is 2.25. The highest BCUT2D eigenvalue weighted by atomic mass is 15.4. The van der Waals surface area contributed by atoms with Crippen LogP contribution in [0.3, 0.4) is 0 Å². The molecule has 0 saturated carbocycles. The molecule has 6 nitrogen and oxygen atoms in total. The van der Waals surface area contributed by atoms with Crippen LogP contribution in [0.25, 0.3) is 5.78 Å². The first kappa shape index (κ1) is 12.3. The summed E-state index contributed by atoms with van der Waals surface area (Å²) in [5.74, 6) is 1.52. The van der Waals surface area contributed by atoms with E-state index in [1.165, 1.54) is 6.33 Å². The molecule has 0 N–H and O–H groups in total. The zero-order chi connectivity index (χ0) is 13.1. The second-order valence-corrected chi connectivity index (χ2v) is 4.42. The Balaban J connectivity index is 2.49. The molecule has 0 aliphatic rings. The molecule has 2 aromatic rings. The Bertz CT molecular complexity index is 580. The third-order valence-corrected chi connectivity index (χ3v) is 2.74. The zero-order valence-corrected chi connectivity index (χ0v) is 10.8. The molecule has 18 heavy (non-hydrogen) atoms. The number of fused-ring (bicyclic) bond motifs is 1. The maximum Gasteiger partial charge on any atom is 0.254 e. The van der Waals surface area contributed by atoms with Gasteiger partial charge in [-0.2, -0.15) is 19.9 Å². The van der Waals surface area contributed by atoms with E-state index in [4.69, 9.17) is 5.26 Å². The van der Waals surface area contributed by atoms with Gasteiger partial charge in [0.05, 0.1) is 12.5 Å². The van der Waals surface area contributed by atoms with Crippen molar-refractivity contribution in [2.45, 2.75) is 33.2 Å². The number of nitriles is 1. The Kier molecular flexibility index (Phi) is 3.42. The van der Waals surface area contributed by atoms with Crippen molar-refractivity contribution in [3.05, 3.63) is 18.1 Å². The summed E-state index contributed by atoms with van der Waals surface area (Å²) < 4.78 is 1.71. The molecule has 0 unspecified atom stereocenters. The van der Waals surface area contributed by atoms with Crippen LogP contribution >= 0.6 is 0 Å². The largest absolute Gasteiger partial charge is 0.353 e. The standard InChI is InChI=1S/C12H16N6/c1-9(2)17(6-4-5-13)11-7-10(3)16-12-14-8-15-18(11)12/h7-9H,4,6H2,1-3H3. The van der Waals surface area contributed by atoms with Gasteiger partial charge < -0.3 is 4.90 Å². The first-order valence-electron chi connectivity index (χ1n) is 5.94. The Morgan fingerprint density at radius 3 is 2.94 bits per heavy atom. The van der Waals surface area contributed by atoms with E-state index in [-0.39, 0.29) is 6.04 Å². The summed E-state index contributed by atoms with van der Waals surface area (Å²) in [6.07, 6.45) is 1.98. The molecular weight excluding hydrogens is 228 g/mol. The minimum absolute atomic E-state index is 0.285. The average molecular weight is 244 g/mol. The van der Waals surface area contributed by atoms with Gasteiger partial charge in [0, 0.05) is 24.3 Å². The molecule has 0 atom stereocenters. The smallest absolute Gasteiger partial charge is 0.254 e.